The molecule has 1 aromatic rings. The highest BCUT2D eigenvalue weighted by atomic mass is 35.5. The normalized spacial score (nSPS) is 19.3. The molecule has 1 heterocycles. The van der Waals surface area contributed by atoms with E-state index in [0.29, 0.717) is 13.0 Å². The summed E-state index contributed by atoms with van der Waals surface area (Å²) in [5.41, 5.74) is -0.328. The SMILES string of the molecule is CC(OC(=O)N[C@@H](CC(C)(C)C)C(=O)NC(C[C@@H]1CCNC1=O)C(=O)C(=O)NC1CC1)c1ccc(Cl)cc1F. The van der Waals surface area contributed by atoms with Gasteiger partial charge in [-0.05, 0) is 56.6 Å². The molecule has 1 aromatic carbocycles. The summed E-state index contributed by atoms with van der Waals surface area (Å²) < 4.78 is 19.6. The lowest BCUT2D eigenvalue weighted by Crippen LogP contribution is -2.55. The van der Waals surface area contributed by atoms with Crippen molar-refractivity contribution in [3.63, 3.8) is 0 Å². The second-order valence-corrected chi connectivity index (χ2v) is 11.8. The van der Waals surface area contributed by atoms with Crippen molar-refractivity contribution in [1.82, 2.24) is 21.3 Å². The van der Waals surface area contributed by atoms with Crippen LogP contribution in [0.2, 0.25) is 5.02 Å². The molecule has 1 saturated heterocycles. The molecule has 4 N–H and O–H groups in total. The first-order valence-corrected chi connectivity index (χ1v) is 13.5. The van der Waals surface area contributed by atoms with E-state index in [1.165, 1.54) is 19.1 Å². The third kappa shape index (κ3) is 9.19. The van der Waals surface area contributed by atoms with Gasteiger partial charge in [-0.1, -0.05) is 38.4 Å². The molecule has 4 amide bonds. The molecular weight excluding hydrogens is 531 g/mol. The van der Waals surface area contributed by atoms with E-state index in [4.69, 9.17) is 16.3 Å². The molecule has 0 radical (unpaired) electrons. The van der Waals surface area contributed by atoms with Crippen molar-refractivity contribution >= 4 is 41.2 Å². The number of ether oxygens (including phenoxy) is 1. The van der Waals surface area contributed by atoms with Gasteiger partial charge >= 0.3 is 6.09 Å². The average Bonchev–Trinajstić information content (AvgIpc) is 3.55. The number of alkyl carbamates (subject to hydrolysis) is 1. The molecule has 12 heteroatoms. The van der Waals surface area contributed by atoms with Gasteiger partial charge in [0.25, 0.3) is 5.91 Å². The number of nitrogens with one attached hydrogen (secondary N) is 4. The fraction of sp³-hybridized carbons (Fsp3) is 0.593. The Hall–Kier alpha value is -3.21. The summed E-state index contributed by atoms with van der Waals surface area (Å²) in [5, 5.41) is 10.6. The highest BCUT2D eigenvalue weighted by molar-refractivity contribution is 6.38. The van der Waals surface area contributed by atoms with Crippen LogP contribution in [0.5, 0.6) is 0 Å². The summed E-state index contributed by atoms with van der Waals surface area (Å²) in [4.78, 5) is 63.8. The van der Waals surface area contributed by atoms with Crippen LogP contribution in [0.15, 0.2) is 18.2 Å². The van der Waals surface area contributed by atoms with Gasteiger partial charge in [-0.2, -0.15) is 0 Å². The fourth-order valence-electron chi connectivity index (χ4n) is 4.35. The minimum Gasteiger partial charge on any atom is -0.442 e. The molecule has 2 fully saturated rings. The number of amides is 4. The van der Waals surface area contributed by atoms with Crippen molar-refractivity contribution in [2.24, 2.45) is 11.3 Å². The molecule has 2 aliphatic rings. The molecule has 10 nitrogen and oxygen atoms in total. The molecular formula is C27H36ClFN4O6. The number of carbonyl (C=O) groups is 5. The molecule has 4 atom stereocenters. The molecule has 1 aliphatic heterocycles. The van der Waals surface area contributed by atoms with E-state index < -0.39 is 59.0 Å². The summed E-state index contributed by atoms with van der Waals surface area (Å²) in [6.07, 6.45) is 0.189. The quantitative estimate of drug-likeness (QED) is 0.303. The zero-order valence-corrected chi connectivity index (χ0v) is 23.3. The third-order valence-corrected chi connectivity index (χ3v) is 6.80. The zero-order chi connectivity index (χ0) is 28.9. The van der Waals surface area contributed by atoms with Crippen LogP contribution in [0.1, 0.15) is 71.5 Å². The highest BCUT2D eigenvalue weighted by Gasteiger charge is 2.38. The van der Waals surface area contributed by atoms with Gasteiger partial charge in [-0.15, -0.1) is 0 Å². The summed E-state index contributed by atoms with van der Waals surface area (Å²) >= 11 is 5.79. The van der Waals surface area contributed by atoms with E-state index in [1.807, 2.05) is 20.8 Å². The molecule has 0 aromatic heterocycles. The molecule has 1 saturated carbocycles. The lowest BCUT2D eigenvalue weighted by Gasteiger charge is -2.28. The van der Waals surface area contributed by atoms with Crippen LogP contribution in [0.25, 0.3) is 0 Å². The topological polar surface area (TPSA) is 143 Å². The number of benzene rings is 1. The van der Waals surface area contributed by atoms with E-state index in [-0.39, 0.29) is 35.4 Å². The van der Waals surface area contributed by atoms with Gasteiger partial charge in [0.15, 0.2) is 0 Å². The predicted molar refractivity (Wildman–Crippen MR) is 141 cm³/mol. The zero-order valence-electron chi connectivity index (χ0n) is 22.6. The van der Waals surface area contributed by atoms with Gasteiger partial charge in [0, 0.05) is 29.1 Å². The number of hydrogen-bond donors (Lipinski definition) is 4. The van der Waals surface area contributed by atoms with Gasteiger partial charge in [-0.3, -0.25) is 19.2 Å². The maximum Gasteiger partial charge on any atom is 0.408 e. The number of hydrogen-bond acceptors (Lipinski definition) is 6. The summed E-state index contributed by atoms with van der Waals surface area (Å²) in [6, 6.07) is 1.51. The van der Waals surface area contributed by atoms with Crippen molar-refractivity contribution in [1.29, 1.82) is 0 Å². The third-order valence-electron chi connectivity index (χ3n) is 6.56. The Bertz CT molecular complexity index is 1120. The summed E-state index contributed by atoms with van der Waals surface area (Å²) in [6.45, 7) is 7.51. The van der Waals surface area contributed by atoms with Crippen molar-refractivity contribution < 1.29 is 33.1 Å². The van der Waals surface area contributed by atoms with E-state index >= 15 is 0 Å². The number of halogens is 2. The van der Waals surface area contributed by atoms with Crippen LogP contribution < -0.4 is 21.3 Å². The molecule has 3 rings (SSSR count). The smallest absolute Gasteiger partial charge is 0.408 e. The number of rotatable bonds is 11. The van der Waals surface area contributed by atoms with Crippen molar-refractivity contribution in [3.05, 3.63) is 34.6 Å². The first kappa shape index (κ1) is 30.3. The monoisotopic (exact) mass is 566 g/mol. The van der Waals surface area contributed by atoms with Crippen LogP contribution in [-0.4, -0.2) is 54.3 Å². The maximum absolute atomic E-state index is 14.3. The number of Topliss-reactive ketones (excluding diaryl/α,β-unsaturated/α-hetero) is 1. The average molecular weight is 567 g/mol. The van der Waals surface area contributed by atoms with Gasteiger partial charge in [-0.25, -0.2) is 9.18 Å². The van der Waals surface area contributed by atoms with Gasteiger partial charge < -0.3 is 26.0 Å². The Morgan fingerprint density at radius 1 is 1.13 bits per heavy atom. The van der Waals surface area contributed by atoms with Crippen molar-refractivity contribution in [2.75, 3.05) is 6.54 Å². The Morgan fingerprint density at radius 2 is 1.82 bits per heavy atom. The minimum atomic E-state index is -1.26. The Balaban J connectivity index is 1.72. The Labute approximate surface area is 232 Å². The highest BCUT2D eigenvalue weighted by Crippen LogP contribution is 2.25. The van der Waals surface area contributed by atoms with Crippen LogP contribution in [0, 0.1) is 17.2 Å². The molecule has 0 bridgehead atoms. The number of ketones is 1. The lowest BCUT2D eigenvalue weighted by atomic mass is 9.87. The Kier molecular flexibility index (Phi) is 9.93. The predicted octanol–water partition coefficient (Wildman–Crippen LogP) is 2.93. The second-order valence-electron chi connectivity index (χ2n) is 11.4. The van der Waals surface area contributed by atoms with Crippen LogP contribution in [0.4, 0.5) is 9.18 Å². The van der Waals surface area contributed by atoms with Crippen LogP contribution >= 0.6 is 11.6 Å². The van der Waals surface area contributed by atoms with E-state index in [2.05, 4.69) is 21.3 Å². The van der Waals surface area contributed by atoms with E-state index in [1.54, 1.807) is 0 Å². The van der Waals surface area contributed by atoms with Gasteiger partial charge in [0.1, 0.15) is 18.0 Å². The maximum atomic E-state index is 14.3. The minimum absolute atomic E-state index is 0.0476. The molecule has 2 unspecified atom stereocenters. The first-order valence-electron chi connectivity index (χ1n) is 13.1. The van der Waals surface area contributed by atoms with E-state index in [9.17, 15) is 28.4 Å². The van der Waals surface area contributed by atoms with E-state index in [0.717, 1.165) is 18.9 Å². The van der Waals surface area contributed by atoms with Crippen molar-refractivity contribution in [2.45, 2.75) is 84.0 Å². The molecule has 39 heavy (non-hydrogen) atoms. The van der Waals surface area contributed by atoms with Crippen LogP contribution in [0.3, 0.4) is 0 Å². The van der Waals surface area contributed by atoms with Crippen LogP contribution in [-0.2, 0) is 23.9 Å². The first-order chi connectivity index (χ1) is 18.2. The second kappa shape index (κ2) is 12.8. The molecule has 214 valence electrons. The van der Waals surface area contributed by atoms with Crippen molar-refractivity contribution in [3.8, 4) is 0 Å². The largest absolute Gasteiger partial charge is 0.442 e. The Morgan fingerprint density at radius 3 is 2.38 bits per heavy atom. The lowest BCUT2D eigenvalue weighted by molar-refractivity contribution is -0.141. The van der Waals surface area contributed by atoms with Gasteiger partial charge in [0.05, 0.1) is 6.04 Å². The van der Waals surface area contributed by atoms with Gasteiger partial charge in [0.2, 0.25) is 17.6 Å². The number of carbonyl (C=O) groups excluding carboxylic acids is 5. The summed E-state index contributed by atoms with van der Waals surface area (Å²) in [5.74, 6) is -3.81. The molecule has 0 spiro atoms. The summed E-state index contributed by atoms with van der Waals surface area (Å²) in [7, 11) is 0. The fourth-order valence-corrected chi connectivity index (χ4v) is 4.51. The molecule has 1 aliphatic carbocycles. The standard InChI is InChI=1S/C27H36ClFN4O6/c1-14(18-8-5-16(28)12-19(18)29)39-26(38)33-21(13-27(2,3)4)24(36)32-20(11-15-9-10-30-23(15)35)22(34)25(37)31-17-6-7-17/h5,8,12,14-15,17,20-21H,6-7,9-11,13H2,1-4H3,(H,30,35)(H,31,37)(H,32,36)(H,33,38)/t14?,15-,20?,21-/m0/s1.